The molecule has 1 nitrogen and oxygen atoms in total. The number of alkyl halides is 1. The number of benzene rings is 1. The van der Waals surface area contributed by atoms with Gasteiger partial charge in [0.25, 0.3) is 0 Å². The lowest BCUT2D eigenvalue weighted by atomic mass is 9.85. The van der Waals surface area contributed by atoms with Gasteiger partial charge in [-0.2, -0.15) is 0 Å². The van der Waals surface area contributed by atoms with Crippen molar-refractivity contribution < 1.29 is 4.39 Å². The molecule has 1 atom stereocenters. The molecule has 1 rings (SSSR count). The van der Waals surface area contributed by atoms with E-state index in [1.807, 2.05) is 6.07 Å². The Kier molecular flexibility index (Phi) is 3.65. The average molecular weight is 244 g/mol. The normalized spacial score (nSPS) is 15.9. The highest BCUT2D eigenvalue weighted by molar-refractivity contribution is 6.31. The van der Waals surface area contributed by atoms with Crippen LogP contribution in [0.25, 0.3) is 0 Å². The van der Waals surface area contributed by atoms with Crippen LogP contribution in [-0.2, 0) is 11.1 Å². The second-order valence-corrected chi connectivity index (χ2v) is 5.75. The van der Waals surface area contributed by atoms with Gasteiger partial charge in [-0.15, -0.1) is 0 Å². The molecule has 2 N–H and O–H groups in total. The molecule has 0 aromatic heterocycles. The molecule has 0 aliphatic rings. The first-order valence-electron chi connectivity index (χ1n) is 5.38. The van der Waals surface area contributed by atoms with Gasteiger partial charge in [-0.3, -0.25) is 0 Å². The average Bonchev–Trinajstić information content (AvgIpc) is 2.15. The Morgan fingerprint density at radius 1 is 1.25 bits per heavy atom. The van der Waals surface area contributed by atoms with Gasteiger partial charge in [0.2, 0.25) is 0 Å². The Hall–Kier alpha value is -0.600. The smallest absolute Gasteiger partial charge is 0.145 e. The predicted octanol–water partition coefficient (Wildman–Crippen LogP) is 3.78. The summed E-state index contributed by atoms with van der Waals surface area (Å²) in [5.74, 6) is 0. The third-order valence-electron chi connectivity index (χ3n) is 2.76. The van der Waals surface area contributed by atoms with Gasteiger partial charge in [0, 0.05) is 11.6 Å². The number of hydrogen-bond donors (Lipinski definition) is 1. The minimum absolute atomic E-state index is 0.0367. The second-order valence-electron chi connectivity index (χ2n) is 5.35. The van der Waals surface area contributed by atoms with Crippen molar-refractivity contribution >= 4 is 11.6 Å². The molecule has 0 heterocycles. The zero-order valence-electron chi connectivity index (χ0n) is 10.3. The molecule has 0 saturated carbocycles. The van der Waals surface area contributed by atoms with Crippen molar-refractivity contribution in [2.75, 3.05) is 6.54 Å². The summed E-state index contributed by atoms with van der Waals surface area (Å²) < 4.78 is 14.0. The van der Waals surface area contributed by atoms with Crippen LogP contribution in [-0.4, -0.2) is 6.54 Å². The zero-order chi connectivity index (χ0) is 12.6. The van der Waals surface area contributed by atoms with E-state index in [0.29, 0.717) is 10.6 Å². The summed E-state index contributed by atoms with van der Waals surface area (Å²) in [6.07, 6.45) is 0. The molecular formula is C13H19ClFN. The molecule has 1 unspecified atom stereocenters. The number of hydrogen-bond acceptors (Lipinski definition) is 1. The largest absolute Gasteiger partial charge is 0.327 e. The highest BCUT2D eigenvalue weighted by Crippen LogP contribution is 2.33. The van der Waals surface area contributed by atoms with E-state index in [0.717, 1.165) is 5.56 Å². The highest BCUT2D eigenvalue weighted by atomic mass is 35.5. The lowest BCUT2D eigenvalue weighted by Gasteiger charge is -2.24. The first-order valence-corrected chi connectivity index (χ1v) is 5.76. The monoisotopic (exact) mass is 243 g/mol. The molecule has 1 aromatic rings. The fourth-order valence-corrected chi connectivity index (χ4v) is 2.03. The molecule has 0 saturated heterocycles. The Morgan fingerprint density at radius 2 is 1.81 bits per heavy atom. The molecule has 1 aromatic carbocycles. The van der Waals surface area contributed by atoms with Crippen molar-refractivity contribution in [2.24, 2.45) is 5.73 Å². The molecule has 0 bridgehead atoms. The van der Waals surface area contributed by atoms with Crippen LogP contribution in [0.1, 0.15) is 38.8 Å². The van der Waals surface area contributed by atoms with Crippen LogP contribution in [0.5, 0.6) is 0 Å². The van der Waals surface area contributed by atoms with Crippen molar-refractivity contribution in [1.82, 2.24) is 0 Å². The summed E-state index contributed by atoms with van der Waals surface area (Å²) >= 11 is 6.17. The van der Waals surface area contributed by atoms with Gasteiger partial charge < -0.3 is 5.73 Å². The fourth-order valence-electron chi connectivity index (χ4n) is 1.57. The van der Waals surface area contributed by atoms with E-state index in [-0.39, 0.29) is 12.0 Å². The minimum atomic E-state index is -1.51. The number of nitrogens with two attached hydrogens (primary N) is 1. The first-order chi connectivity index (χ1) is 7.18. The van der Waals surface area contributed by atoms with E-state index in [2.05, 4.69) is 20.8 Å². The van der Waals surface area contributed by atoms with Gasteiger partial charge in [0.15, 0.2) is 0 Å². The van der Waals surface area contributed by atoms with Crippen LogP contribution in [0.4, 0.5) is 4.39 Å². The van der Waals surface area contributed by atoms with E-state index < -0.39 is 5.67 Å². The summed E-state index contributed by atoms with van der Waals surface area (Å²) in [5, 5.41) is 0.599. The Labute approximate surface area is 102 Å². The maximum absolute atomic E-state index is 14.0. The first kappa shape index (κ1) is 13.5. The molecule has 0 amide bonds. The molecule has 0 aliphatic carbocycles. The fraction of sp³-hybridized carbons (Fsp3) is 0.538. The lowest BCUT2D eigenvalue weighted by Crippen LogP contribution is -2.26. The Bertz CT molecular complexity index is 380. The zero-order valence-corrected chi connectivity index (χ0v) is 11.0. The van der Waals surface area contributed by atoms with E-state index >= 15 is 0 Å². The molecule has 0 spiro atoms. The maximum Gasteiger partial charge on any atom is 0.145 e. The van der Waals surface area contributed by atoms with Gasteiger partial charge in [-0.05, 0) is 29.5 Å². The molecule has 3 heteroatoms. The van der Waals surface area contributed by atoms with E-state index in [9.17, 15) is 4.39 Å². The van der Waals surface area contributed by atoms with Gasteiger partial charge >= 0.3 is 0 Å². The minimum Gasteiger partial charge on any atom is -0.327 e. The van der Waals surface area contributed by atoms with Gasteiger partial charge in [0.05, 0.1) is 0 Å². The van der Waals surface area contributed by atoms with Gasteiger partial charge in [0.1, 0.15) is 5.67 Å². The number of rotatable bonds is 2. The van der Waals surface area contributed by atoms with E-state index in [4.69, 9.17) is 17.3 Å². The van der Waals surface area contributed by atoms with E-state index in [1.165, 1.54) is 6.92 Å². The number of halogens is 2. The van der Waals surface area contributed by atoms with Crippen molar-refractivity contribution in [3.8, 4) is 0 Å². The van der Waals surface area contributed by atoms with Crippen LogP contribution in [0.15, 0.2) is 18.2 Å². The summed E-state index contributed by atoms with van der Waals surface area (Å²) in [5.41, 5.74) is 5.40. The summed E-state index contributed by atoms with van der Waals surface area (Å²) in [4.78, 5) is 0. The quantitative estimate of drug-likeness (QED) is 0.841. The van der Waals surface area contributed by atoms with Crippen molar-refractivity contribution in [1.29, 1.82) is 0 Å². The van der Waals surface area contributed by atoms with Crippen LogP contribution < -0.4 is 5.73 Å². The lowest BCUT2D eigenvalue weighted by molar-refractivity contribution is 0.203. The standard InChI is InChI=1S/C13H19ClFN/c1-12(2,3)10-6-5-9(7-11(10)14)13(4,15)8-16/h5-7H,8,16H2,1-4H3. The molecule has 90 valence electrons. The molecular weight excluding hydrogens is 225 g/mol. The highest BCUT2D eigenvalue weighted by Gasteiger charge is 2.26. The summed E-state index contributed by atoms with van der Waals surface area (Å²) in [6, 6.07) is 5.32. The van der Waals surface area contributed by atoms with Crippen LogP contribution >= 0.6 is 11.6 Å². The Balaban J connectivity index is 3.20. The third kappa shape index (κ3) is 2.74. The third-order valence-corrected chi connectivity index (χ3v) is 3.08. The van der Waals surface area contributed by atoms with Crippen LogP contribution in [0.3, 0.4) is 0 Å². The van der Waals surface area contributed by atoms with Crippen molar-refractivity contribution in [3.63, 3.8) is 0 Å². The predicted molar refractivity (Wildman–Crippen MR) is 67.7 cm³/mol. The maximum atomic E-state index is 14.0. The Morgan fingerprint density at radius 3 is 2.19 bits per heavy atom. The van der Waals surface area contributed by atoms with Gasteiger partial charge in [-0.1, -0.05) is 44.5 Å². The summed E-state index contributed by atoms with van der Waals surface area (Å²) in [6.45, 7) is 7.65. The van der Waals surface area contributed by atoms with Crippen LogP contribution in [0.2, 0.25) is 5.02 Å². The molecule has 0 fully saturated rings. The van der Waals surface area contributed by atoms with Crippen molar-refractivity contribution in [3.05, 3.63) is 34.3 Å². The molecule has 16 heavy (non-hydrogen) atoms. The second kappa shape index (κ2) is 4.34. The van der Waals surface area contributed by atoms with Crippen LogP contribution in [0, 0.1) is 0 Å². The van der Waals surface area contributed by atoms with E-state index in [1.54, 1.807) is 12.1 Å². The molecule has 0 radical (unpaired) electrons. The molecule has 0 aliphatic heterocycles. The SMILES string of the molecule is CC(C)(C)c1ccc(C(C)(F)CN)cc1Cl. The topological polar surface area (TPSA) is 26.0 Å². The summed E-state index contributed by atoms with van der Waals surface area (Å²) in [7, 11) is 0. The van der Waals surface area contributed by atoms with Crippen molar-refractivity contribution in [2.45, 2.75) is 38.8 Å². The van der Waals surface area contributed by atoms with Gasteiger partial charge in [-0.25, -0.2) is 4.39 Å².